The van der Waals surface area contributed by atoms with Gasteiger partial charge in [0.1, 0.15) is 0 Å². The lowest BCUT2D eigenvalue weighted by atomic mass is 10.2. The summed E-state index contributed by atoms with van der Waals surface area (Å²) in [5.41, 5.74) is 1.63. The van der Waals surface area contributed by atoms with E-state index in [0.29, 0.717) is 12.2 Å². The van der Waals surface area contributed by atoms with Crippen molar-refractivity contribution in [1.29, 1.82) is 0 Å². The Hall–Kier alpha value is -2.38. The lowest BCUT2D eigenvalue weighted by Crippen LogP contribution is -2.31. The van der Waals surface area contributed by atoms with Gasteiger partial charge in [-0.25, -0.2) is 8.42 Å². The standard InChI is InChI=1S/C24H28N2O3S2/c1-3-26(31(28,29)21-11-8-18(2)9-12-21)20-10-13-22-19(16-20)17-23(30-22)24(27)25-14-6-4-5-7-15-25/h8-13,16-17H,3-7,14-15H2,1-2H3. The van der Waals surface area contributed by atoms with E-state index >= 15 is 0 Å². The number of aryl methyl sites for hydroxylation is 1. The van der Waals surface area contributed by atoms with E-state index in [0.717, 1.165) is 46.5 Å². The highest BCUT2D eigenvalue weighted by molar-refractivity contribution is 7.92. The predicted molar refractivity (Wildman–Crippen MR) is 128 cm³/mol. The van der Waals surface area contributed by atoms with Gasteiger partial charge in [0.15, 0.2) is 0 Å². The zero-order chi connectivity index (χ0) is 22.0. The second kappa shape index (κ2) is 9.01. The molecule has 0 unspecified atom stereocenters. The minimum Gasteiger partial charge on any atom is -0.338 e. The lowest BCUT2D eigenvalue weighted by molar-refractivity contribution is 0.0766. The summed E-state index contributed by atoms with van der Waals surface area (Å²) >= 11 is 1.48. The SMILES string of the molecule is CCN(c1ccc2sc(C(=O)N3CCCCCC3)cc2c1)S(=O)(=O)c1ccc(C)cc1. The van der Waals surface area contributed by atoms with Gasteiger partial charge in [-0.1, -0.05) is 30.5 Å². The molecule has 1 fully saturated rings. The Labute approximate surface area is 188 Å². The topological polar surface area (TPSA) is 57.7 Å². The number of hydrogen-bond acceptors (Lipinski definition) is 4. The van der Waals surface area contributed by atoms with Crippen LogP contribution >= 0.6 is 11.3 Å². The van der Waals surface area contributed by atoms with Gasteiger partial charge in [0, 0.05) is 24.3 Å². The molecule has 1 amide bonds. The maximum absolute atomic E-state index is 13.2. The third kappa shape index (κ3) is 4.48. The van der Waals surface area contributed by atoms with Gasteiger partial charge < -0.3 is 4.90 Å². The first-order valence-electron chi connectivity index (χ1n) is 10.8. The van der Waals surface area contributed by atoms with Gasteiger partial charge in [-0.15, -0.1) is 11.3 Å². The summed E-state index contributed by atoms with van der Waals surface area (Å²) in [7, 11) is -3.66. The Balaban J connectivity index is 1.65. The summed E-state index contributed by atoms with van der Waals surface area (Å²) in [6.07, 6.45) is 4.48. The molecule has 1 aliphatic heterocycles. The van der Waals surface area contributed by atoms with E-state index in [1.54, 1.807) is 12.1 Å². The minimum absolute atomic E-state index is 0.0873. The predicted octanol–water partition coefficient (Wildman–Crippen LogP) is 5.44. The van der Waals surface area contributed by atoms with Crippen LogP contribution in [-0.2, 0) is 10.0 Å². The molecule has 1 aromatic heterocycles. The zero-order valence-corrected chi connectivity index (χ0v) is 19.6. The minimum atomic E-state index is -3.66. The Kier molecular flexibility index (Phi) is 6.34. The fourth-order valence-corrected chi connectivity index (χ4v) is 6.53. The van der Waals surface area contributed by atoms with E-state index in [2.05, 4.69) is 0 Å². The molecule has 5 nitrogen and oxygen atoms in total. The number of amides is 1. The molecular formula is C24H28N2O3S2. The van der Waals surface area contributed by atoms with Crippen LogP contribution in [-0.4, -0.2) is 38.9 Å². The van der Waals surface area contributed by atoms with Crippen LogP contribution in [0.4, 0.5) is 5.69 Å². The molecule has 31 heavy (non-hydrogen) atoms. The molecule has 7 heteroatoms. The fraction of sp³-hybridized carbons (Fsp3) is 0.375. The maximum Gasteiger partial charge on any atom is 0.264 e. The number of sulfonamides is 1. The molecule has 0 bridgehead atoms. The molecule has 164 valence electrons. The average Bonchev–Trinajstić information content (AvgIpc) is 2.99. The van der Waals surface area contributed by atoms with Crippen LogP contribution in [0.2, 0.25) is 0 Å². The van der Waals surface area contributed by atoms with Crippen LogP contribution in [0, 0.1) is 6.92 Å². The van der Waals surface area contributed by atoms with E-state index in [1.807, 2.05) is 55.1 Å². The third-order valence-electron chi connectivity index (χ3n) is 5.79. The van der Waals surface area contributed by atoms with Crippen molar-refractivity contribution in [3.05, 3.63) is 59.0 Å². The van der Waals surface area contributed by atoms with Crippen LogP contribution in [0.25, 0.3) is 10.1 Å². The number of nitrogens with zero attached hydrogens (tertiary/aromatic N) is 2. The van der Waals surface area contributed by atoms with Crippen molar-refractivity contribution in [3.8, 4) is 0 Å². The van der Waals surface area contributed by atoms with Crippen molar-refractivity contribution in [3.63, 3.8) is 0 Å². The molecule has 4 rings (SSSR count). The molecule has 0 atom stereocenters. The van der Waals surface area contributed by atoms with Gasteiger partial charge in [0.25, 0.3) is 15.9 Å². The maximum atomic E-state index is 13.2. The normalized spacial score (nSPS) is 15.1. The van der Waals surface area contributed by atoms with E-state index in [4.69, 9.17) is 0 Å². The number of hydrogen-bond donors (Lipinski definition) is 0. The molecule has 0 N–H and O–H groups in total. The molecular weight excluding hydrogens is 428 g/mol. The number of likely N-dealkylation sites (tertiary alicyclic amines) is 1. The molecule has 3 aromatic rings. The first-order chi connectivity index (χ1) is 14.9. The number of fused-ring (bicyclic) bond motifs is 1. The summed E-state index contributed by atoms with van der Waals surface area (Å²) in [4.78, 5) is 16.0. The van der Waals surface area contributed by atoms with Crippen molar-refractivity contribution in [2.24, 2.45) is 0 Å². The molecule has 2 heterocycles. The molecule has 0 radical (unpaired) electrons. The number of anilines is 1. The summed E-state index contributed by atoms with van der Waals surface area (Å²) in [5.74, 6) is 0.0873. The summed E-state index contributed by atoms with van der Waals surface area (Å²) in [6, 6.07) is 14.4. The first-order valence-corrected chi connectivity index (χ1v) is 13.1. The first kappa shape index (κ1) is 21.8. The van der Waals surface area contributed by atoms with Gasteiger partial charge in [-0.2, -0.15) is 0 Å². The lowest BCUT2D eigenvalue weighted by Gasteiger charge is -2.23. The van der Waals surface area contributed by atoms with E-state index < -0.39 is 10.0 Å². The molecule has 1 aliphatic rings. The highest BCUT2D eigenvalue weighted by Gasteiger charge is 2.24. The number of rotatable bonds is 5. The number of carbonyl (C=O) groups is 1. The Bertz CT molecular complexity index is 1180. The quantitative estimate of drug-likeness (QED) is 0.514. The van der Waals surface area contributed by atoms with Crippen LogP contribution < -0.4 is 4.31 Å². The fourth-order valence-electron chi connectivity index (χ4n) is 4.05. The Morgan fingerprint density at radius 3 is 2.32 bits per heavy atom. The van der Waals surface area contributed by atoms with Gasteiger partial charge in [-0.05, 0) is 68.5 Å². The van der Waals surface area contributed by atoms with Gasteiger partial charge >= 0.3 is 0 Å². The second-order valence-electron chi connectivity index (χ2n) is 8.02. The van der Waals surface area contributed by atoms with Gasteiger partial charge in [0.2, 0.25) is 0 Å². The van der Waals surface area contributed by atoms with Crippen LogP contribution in [0.3, 0.4) is 0 Å². The van der Waals surface area contributed by atoms with E-state index in [-0.39, 0.29) is 10.8 Å². The Morgan fingerprint density at radius 2 is 1.68 bits per heavy atom. The highest BCUT2D eigenvalue weighted by atomic mass is 32.2. The molecule has 0 spiro atoms. The number of benzene rings is 2. The molecule has 1 saturated heterocycles. The van der Waals surface area contributed by atoms with Gasteiger partial charge in [-0.3, -0.25) is 9.10 Å². The van der Waals surface area contributed by atoms with E-state index in [1.165, 1.54) is 28.5 Å². The smallest absolute Gasteiger partial charge is 0.264 e. The van der Waals surface area contributed by atoms with Crippen molar-refractivity contribution >= 4 is 43.0 Å². The largest absolute Gasteiger partial charge is 0.338 e. The zero-order valence-electron chi connectivity index (χ0n) is 18.0. The van der Waals surface area contributed by atoms with Crippen molar-refractivity contribution < 1.29 is 13.2 Å². The van der Waals surface area contributed by atoms with Crippen molar-refractivity contribution in [2.75, 3.05) is 23.9 Å². The van der Waals surface area contributed by atoms with Gasteiger partial charge in [0.05, 0.1) is 15.5 Å². The van der Waals surface area contributed by atoms with Crippen LogP contribution in [0.15, 0.2) is 53.4 Å². The number of thiophene rings is 1. The molecule has 0 aliphatic carbocycles. The van der Waals surface area contributed by atoms with Crippen LogP contribution in [0.1, 0.15) is 47.8 Å². The van der Waals surface area contributed by atoms with E-state index in [9.17, 15) is 13.2 Å². The summed E-state index contributed by atoms with van der Waals surface area (Å²) < 4.78 is 28.9. The van der Waals surface area contributed by atoms with Crippen LogP contribution in [0.5, 0.6) is 0 Å². The second-order valence-corrected chi connectivity index (χ2v) is 11.0. The molecule has 2 aromatic carbocycles. The number of carbonyl (C=O) groups excluding carboxylic acids is 1. The third-order valence-corrected chi connectivity index (χ3v) is 8.81. The van der Waals surface area contributed by atoms with Crippen molar-refractivity contribution in [2.45, 2.75) is 44.4 Å². The molecule has 0 saturated carbocycles. The summed E-state index contributed by atoms with van der Waals surface area (Å²) in [5, 5.41) is 0.901. The average molecular weight is 457 g/mol. The highest BCUT2D eigenvalue weighted by Crippen LogP contribution is 2.32. The van der Waals surface area contributed by atoms with Crippen molar-refractivity contribution in [1.82, 2.24) is 4.90 Å². The monoisotopic (exact) mass is 456 g/mol. The Morgan fingerprint density at radius 1 is 1.00 bits per heavy atom. The summed E-state index contributed by atoms with van der Waals surface area (Å²) in [6.45, 7) is 5.72.